The molecule has 0 aliphatic heterocycles. The molecule has 0 bridgehead atoms. The van der Waals surface area contributed by atoms with E-state index in [1.165, 1.54) is 0 Å². The lowest BCUT2D eigenvalue weighted by molar-refractivity contribution is 0.460. The Balaban J connectivity index is 3.50. The van der Waals surface area contributed by atoms with Crippen LogP contribution in [-0.4, -0.2) is 39.1 Å². The van der Waals surface area contributed by atoms with Crippen LogP contribution in [0.5, 0.6) is 0 Å². The Morgan fingerprint density at radius 2 is 1.38 bits per heavy atom. The Labute approximate surface area is 78.8 Å². The highest BCUT2D eigenvalue weighted by Crippen LogP contribution is 2.00. The molecule has 80 valence electrons. The number of rotatable bonds is 6. The minimum Gasteiger partial charge on any atom is -0.748 e. The molecule has 0 saturated carbocycles. The largest absolute Gasteiger partial charge is 0.748 e. The van der Waals surface area contributed by atoms with Crippen molar-refractivity contribution in [1.82, 2.24) is 0 Å². The van der Waals surface area contributed by atoms with Crippen LogP contribution in [0, 0.1) is 0 Å². The number of hydrogen-bond acceptors (Lipinski definition) is 5. The van der Waals surface area contributed by atoms with Crippen molar-refractivity contribution >= 4 is 20.0 Å². The summed E-state index contributed by atoms with van der Waals surface area (Å²) in [5.41, 5.74) is 0. The quantitative estimate of drug-likeness (QED) is 0.462. The molecule has 13 heavy (non-hydrogen) atoms. The molecule has 0 aromatic heterocycles. The van der Waals surface area contributed by atoms with Gasteiger partial charge < -0.3 is 4.55 Å². The van der Waals surface area contributed by atoms with Crippen molar-refractivity contribution < 1.29 is 21.4 Å². The topological polar surface area (TPSA) is 91.3 Å². The summed E-state index contributed by atoms with van der Waals surface area (Å²) in [6, 6.07) is 0. The summed E-state index contributed by atoms with van der Waals surface area (Å²) in [4.78, 5) is 0. The Morgan fingerprint density at radius 3 is 1.77 bits per heavy atom. The lowest BCUT2D eigenvalue weighted by Crippen LogP contribution is -2.06. The number of sulfone groups is 1. The molecule has 0 radical (unpaired) electrons. The maximum Gasteiger partial charge on any atom is 0.147 e. The molecule has 0 aromatic rings. The van der Waals surface area contributed by atoms with E-state index in [0.717, 1.165) is 6.26 Å². The summed E-state index contributed by atoms with van der Waals surface area (Å²) >= 11 is 0. The van der Waals surface area contributed by atoms with Crippen molar-refractivity contribution in [3.05, 3.63) is 0 Å². The normalized spacial score (nSPS) is 13.1. The van der Waals surface area contributed by atoms with Crippen LogP contribution in [0.3, 0.4) is 0 Å². The van der Waals surface area contributed by atoms with E-state index in [4.69, 9.17) is 0 Å². The van der Waals surface area contributed by atoms with Crippen LogP contribution >= 0.6 is 0 Å². The molecule has 0 aliphatic rings. The highest BCUT2D eigenvalue weighted by molar-refractivity contribution is 7.90. The Morgan fingerprint density at radius 1 is 0.923 bits per heavy atom. The molecule has 0 spiro atoms. The van der Waals surface area contributed by atoms with E-state index >= 15 is 0 Å². The van der Waals surface area contributed by atoms with E-state index in [-0.39, 0.29) is 12.2 Å². The zero-order valence-corrected chi connectivity index (χ0v) is 9.03. The van der Waals surface area contributed by atoms with Crippen LogP contribution < -0.4 is 0 Å². The van der Waals surface area contributed by atoms with Crippen LogP contribution in [0.1, 0.15) is 19.3 Å². The second kappa shape index (κ2) is 4.92. The van der Waals surface area contributed by atoms with Gasteiger partial charge in [-0.25, -0.2) is 16.8 Å². The summed E-state index contributed by atoms with van der Waals surface area (Å²) in [5, 5.41) is 0. The van der Waals surface area contributed by atoms with Crippen LogP contribution in [0.2, 0.25) is 0 Å². The second-order valence-electron chi connectivity index (χ2n) is 2.95. The third-order valence-electron chi connectivity index (χ3n) is 1.41. The molecule has 0 atom stereocenters. The summed E-state index contributed by atoms with van der Waals surface area (Å²) < 4.78 is 51.6. The Bertz CT molecular complexity index is 292. The SMILES string of the molecule is CS(=O)(=O)CCCCCS(=O)(=O)[O-]. The molecule has 0 aliphatic carbocycles. The standard InChI is InChI=1S/C6H14O5S2/c1-12(7,8)5-3-2-4-6-13(9,10)11/h2-6H2,1H3,(H,9,10,11)/p-1. The van der Waals surface area contributed by atoms with Gasteiger partial charge in [0.15, 0.2) is 0 Å². The minimum absolute atomic E-state index is 0.0475. The molecule has 7 heteroatoms. The fourth-order valence-corrected chi connectivity index (χ4v) is 2.11. The molecule has 0 amide bonds. The van der Waals surface area contributed by atoms with Gasteiger partial charge in [-0.15, -0.1) is 0 Å². The monoisotopic (exact) mass is 229 g/mol. The molecule has 0 fully saturated rings. The average Bonchev–Trinajstić information content (AvgIpc) is 1.81. The highest BCUT2D eigenvalue weighted by atomic mass is 32.2. The molecule has 0 rings (SSSR count). The van der Waals surface area contributed by atoms with Crippen molar-refractivity contribution in [2.24, 2.45) is 0 Å². The third-order valence-corrected chi connectivity index (χ3v) is 3.23. The molecule has 0 N–H and O–H groups in total. The molecule has 0 heterocycles. The second-order valence-corrected chi connectivity index (χ2v) is 6.74. The Hall–Kier alpha value is -0.140. The lowest BCUT2D eigenvalue weighted by atomic mass is 10.3. The van der Waals surface area contributed by atoms with Crippen LogP contribution in [0.4, 0.5) is 0 Å². The van der Waals surface area contributed by atoms with Gasteiger partial charge in [-0.05, 0) is 12.8 Å². The lowest BCUT2D eigenvalue weighted by Gasteiger charge is -2.05. The smallest absolute Gasteiger partial charge is 0.147 e. The van der Waals surface area contributed by atoms with Gasteiger partial charge in [0, 0.05) is 17.8 Å². The van der Waals surface area contributed by atoms with Crippen LogP contribution in [0.15, 0.2) is 0 Å². The van der Waals surface area contributed by atoms with Crippen molar-refractivity contribution in [2.45, 2.75) is 19.3 Å². The molecular formula is C6H13O5S2-. The van der Waals surface area contributed by atoms with Crippen molar-refractivity contribution in [3.63, 3.8) is 0 Å². The summed E-state index contributed by atoms with van der Waals surface area (Å²) in [6.45, 7) is 0. The van der Waals surface area contributed by atoms with Gasteiger partial charge in [0.25, 0.3) is 0 Å². The van der Waals surface area contributed by atoms with E-state index in [1.807, 2.05) is 0 Å². The van der Waals surface area contributed by atoms with Crippen molar-refractivity contribution in [2.75, 3.05) is 17.8 Å². The minimum atomic E-state index is -4.14. The van der Waals surface area contributed by atoms with E-state index < -0.39 is 25.7 Å². The first kappa shape index (κ1) is 12.9. The van der Waals surface area contributed by atoms with Crippen LogP contribution in [-0.2, 0) is 20.0 Å². The predicted molar refractivity (Wildman–Crippen MR) is 48.1 cm³/mol. The first-order valence-electron chi connectivity index (χ1n) is 3.82. The zero-order chi connectivity index (χ0) is 10.5. The fourth-order valence-electron chi connectivity index (χ4n) is 0.820. The highest BCUT2D eigenvalue weighted by Gasteiger charge is 2.01. The van der Waals surface area contributed by atoms with Crippen molar-refractivity contribution in [1.29, 1.82) is 0 Å². The van der Waals surface area contributed by atoms with Gasteiger partial charge in [0.1, 0.15) is 9.84 Å². The molecule has 5 nitrogen and oxygen atoms in total. The third kappa shape index (κ3) is 11.9. The summed E-state index contributed by atoms with van der Waals surface area (Å²) in [5.74, 6) is -0.358. The van der Waals surface area contributed by atoms with Gasteiger partial charge in [0.2, 0.25) is 0 Å². The first-order chi connectivity index (χ1) is 5.71. The zero-order valence-electron chi connectivity index (χ0n) is 7.39. The van der Waals surface area contributed by atoms with Gasteiger partial charge in [-0.2, -0.15) is 0 Å². The fraction of sp³-hybridized carbons (Fsp3) is 1.00. The predicted octanol–water partition coefficient (Wildman–Crippen LogP) is -0.253. The molecular weight excluding hydrogens is 216 g/mol. The summed E-state index contributed by atoms with van der Waals surface area (Å²) in [7, 11) is -7.11. The Kier molecular flexibility index (Phi) is 4.87. The van der Waals surface area contributed by atoms with E-state index in [1.54, 1.807) is 0 Å². The molecule has 0 aromatic carbocycles. The maximum atomic E-state index is 10.6. The van der Waals surface area contributed by atoms with Gasteiger partial charge in [-0.1, -0.05) is 6.42 Å². The maximum absolute atomic E-state index is 10.6. The van der Waals surface area contributed by atoms with E-state index in [9.17, 15) is 21.4 Å². The van der Waals surface area contributed by atoms with E-state index in [2.05, 4.69) is 0 Å². The summed E-state index contributed by atoms with van der Waals surface area (Å²) in [6.07, 6.45) is 2.22. The van der Waals surface area contributed by atoms with Gasteiger partial charge in [-0.3, -0.25) is 0 Å². The van der Waals surface area contributed by atoms with Gasteiger partial charge in [0.05, 0.1) is 10.1 Å². The molecule has 0 saturated heterocycles. The number of hydrogen-bond donors (Lipinski definition) is 0. The first-order valence-corrected chi connectivity index (χ1v) is 7.46. The van der Waals surface area contributed by atoms with Crippen molar-refractivity contribution in [3.8, 4) is 0 Å². The average molecular weight is 229 g/mol. The van der Waals surface area contributed by atoms with E-state index in [0.29, 0.717) is 12.8 Å². The molecule has 0 unspecified atom stereocenters. The van der Waals surface area contributed by atoms with Crippen LogP contribution in [0.25, 0.3) is 0 Å². The van der Waals surface area contributed by atoms with Gasteiger partial charge >= 0.3 is 0 Å². The number of unbranched alkanes of at least 4 members (excludes halogenated alkanes) is 2.